The number of esters is 1. The molecule has 0 saturated heterocycles. The van der Waals surface area contributed by atoms with Gasteiger partial charge in [-0.3, -0.25) is 0 Å². The maximum atomic E-state index is 11.5. The fourth-order valence-electron chi connectivity index (χ4n) is 1.35. The third kappa shape index (κ3) is 4.33. The van der Waals surface area contributed by atoms with Crippen LogP contribution in [-0.4, -0.2) is 17.6 Å². The highest BCUT2D eigenvalue weighted by Gasteiger charge is 2.11. The molecule has 0 N–H and O–H groups in total. The molecule has 0 atom stereocenters. The summed E-state index contributed by atoms with van der Waals surface area (Å²) < 4.78 is 5.98. The van der Waals surface area contributed by atoms with Crippen molar-refractivity contribution in [2.75, 3.05) is 6.61 Å². The summed E-state index contributed by atoms with van der Waals surface area (Å²) in [5, 5.41) is 2.67. The molecule has 0 bridgehead atoms. The molecule has 1 aromatic heterocycles. The van der Waals surface area contributed by atoms with E-state index in [4.69, 9.17) is 4.74 Å². The molecule has 0 saturated carbocycles. The number of hydrogen-bond donors (Lipinski definition) is 0. The average molecular weight is 358 g/mol. The number of aromatic nitrogens is 1. The van der Waals surface area contributed by atoms with E-state index in [1.165, 1.54) is 16.2 Å². The van der Waals surface area contributed by atoms with Gasteiger partial charge >= 0.3 is 5.97 Å². The molecule has 0 fully saturated rings. The topological polar surface area (TPSA) is 39.2 Å². The van der Waals surface area contributed by atoms with Crippen LogP contribution in [0.25, 0.3) is 0 Å². The minimum Gasteiger partial charge on any atom is -0.461 e. The number of hydrogen-bond acceptors (Lipinski definition) is 5. The first-order chi connectivity index (χ1) is 9.19. The quantitative estimate of drug-likeness (QED) is 0.588. The van der Waals surface area contributed by atoms with Gasteiger partial charge < -0.3 is 4.74 Å². The lowest BCUT2D eigenvalue weighted by Crippen LogP contribution is -2.04. The Balaban J connectivity index is 1.93. The van der Waals surface area contributed by atoms with Gasteiger partial charge in [0.1, 0.15) is 5.01 Å². The van der Waals surface area contributed by atoms with Gasteiger partial charge in [-0.25, -0.2) is 9.78 Å². The summed E-state index contributed by atoms with van der Waals surface area (Å²) in [4.78, 5) is 16.9. The van der Waals surface area contributed by atoms with Gasteiger partial charge in [0.15, 0.2) is 5.69 Å². The number of halogens is 1. The largest absolute Gasteiger partial charge is 0.461 e. The van der Waals surface area contributed by atoms with E-state index >= 15 is 0 Å². The van der Waals surface area contributed by atoms with Gasteiger partial charge in [-0.2, -0.15) is 0 Å². The zero-order valence-electron chi connectivity index (χ0n) is 10.3. The van der Waals surface area contributed by atoms with Crippen molar-refractivity contribution in [3.63, 3.8) is 0 Å². The molecular formula is C13H12BrNO2S2. The molecule has 6 heteroatoms. The second-order valence-electron chi connectivity index (χ2n) is 3.59. The van der Waals surface area contributed by atoms with Crippen LogP contribution in [0.15, 0.2) is 39.0 Å². The third-order valence-electron chi connectivity index (χ3n) is 2.21. The van der Waals surface area contributed by atoms with Gasteiger partial charge in [0.25, 0.3) is 0 Å². The van der Waals surface area contributed by atoms with Crippen LogP contribution < -0.4 is 0 Å². The summed E-state index contributed by atoms with van der Waals surface area (Å²) in [6.45, 7) is 2.16. The highest BCUT2D eigenvalue weighted by Crippen LogP contribution is 2.25. The molecule has 19 heavy (non-hydrogen) atoms. The smallest absolute Gasteiger partial charge is 0.357 e. The number of carbonyl (C=O) groups is 1. The predicted octanol–water partition coefficient (Wildman–Crippen LogP) is 4.37. The number of benzene rings is 1. The summed E-state index contributed by atoms with van der Waals surface area (Å²) in [7, 11) is 0. The van der Waals surface area contributed by atoms with Crippen LogP contribution in [0.3, 0.4) is 0 Å². The minimum absolute atomic E-state index is 0.348. The summed E-state index contributed by atoms with van der Waals surface area (Å²) >= 11 is 6.58. The third-order valence-corrected chi connectivity index (χ3v) is 4.80. The molecule has 0 aliphatic heterocycles. The lowest BCUT2D eigenvalue weighted by molar-refractivity contribution is 0.0520. The molecule has 1 aromatic carbocycles. The van der Waals surface area contributed by atoms with E-state index in [0.29, 0.717) is 12.3 Å². The standard InChI is InChI=1S/C13H12BrNO2S2/c1-2-17-13(16)11-7-19-12(15-11)8-18-10-5-3-9(14)4-6-10/h3-7H,2,8H2,1H3. The van der Waals surface area contributed by atoms with Crippen LogP contribution in [0.5, 0.6) is 0 Å². The Bertz CT molecular complexity index is 554. The van der Waals surface area contributed by atoms with Crippen molar-refractivity contribution in [1.29, 1.82) is 0 Å². The highest BCUT2D eigenvalue weighted by atomic mass is 79.9. The Hall–Kier alpha value is -0.850. The number of thioether (sulfide) groups is 1. The maximum absolute atomic E-state index is 11.5. The first-order valence-electron chi connectivity index (χ1n) is 5.69. The maximum Gasteiger partial charge on any atom is 0.357 e. The molecular weight excluding hydrogens is 346 g/mol. The van der Waals surface area contributed by atoms with E-state index < -0.39 is 0 Å². The van der Waals surface area contributed by atoms with Crippen molar-refractivity contribution < 1.29 is 9.53 Å². The van der Waals surface area contributed by atoms with Crippen LogP contribution in [0.1, 0.15) is 22.4 Å². The lowest BCUT2D eigenvalue weighted by Gasteiger charge is -1.99. The van der Waals surface area contributed by atoms with Crippen LogP contribution in [0, 0.1) is 0 Å². The second-order valence-corrected chi connectivity index (χ2v) is 6.50. The number of thiazole rings is 1. The molecule has 0 spiro atoms. The molecule has 100 valence electrons. The highest BCUT2D eigenvalue weighted by molar-refractivity contribution is 9.10. The Morgan fingerprint density at radius 2 is 2.16 bits per heavy atom. The van der Waals surface area contributed by atoms with Crippen LogP contribution in [0.2, 0.25) is 0 Å². The summed E-state index contributed by atoms with van der Waals surface area (Å²) in [6.07, 6.45) is 0. The fourth-order valence-corrected chi connectivity index (χ4v) is 3.30. The normalized spacial score (nSPS) is 10.4. The number of nitrogens with zero attached hydrogens (tertiary/aromatic N) is 1. The summed E-state index contributed by atoms with van der Waals surface area (Å²) in [6, 6.07) is 8.12. The van der Waals surface area contributed by atoms with Gasteiger partial charge in [-0.1, -0.05) is 15.9 Å². The van der Waals surface area contributed by atoms with Gasteiger partial charge in [-0.15, -0.1) is 23.1 Å². The zero-order chi connectivity index (χ0) is 13.7. The number of carbonyl (C=O) groups excluding carboxylic acids is 1. The van der Waals surface area contributed by atoms with Gasteiger partial charge in [0.05, 0.1) is 12.4 Å². The minimum atomic E-state index is -0.348. The van der Waals surface area contributed by atoms with E-state index in [-0.39, 0.29) is 5.97 Å². The SMILES string of the molecule is CCOC(=O)c1csc(CSc2ccc(Br)cc2)n1. The average Bonchev–Trinajstić information content (AvgIpc) is 2.87. The van der Waals surface area contributed by atoms with Crippen LogP contribution in [0.4, 0.5) is 0 Å². The van der Waals surface area contributed by atoms with Crippen molar-refractivity contribution in [3.05, 3.63) is 44.8 Å². The van der Waals surface area contributed by atoms with Gasteiger partial charge in [0, 0.05) is 14.7 Å². The molecule has 1 heterocycles. The summed E-state index contributed by atoms with van der Waals surface area (Å²) in [5.41, 5.74) is 0.401. The Morgan fingerprint density at radius 3 is 2.84 bits per heavy atom. The van der Waals surface area contributed by atoms with E-state index in [1.807, 2.05) is 12.1 Å². The van der Waals surface area contributed by atoms with Crippen molar-refractivity contribution >= 4 is 45.0 Å². The number of ether oxygens (including phenoxy) is 1. The van der Waals surface area contributed by atoms with E-state index in [1.54, 1.807) is 24.1 Å². The predicted molar refractivity (Wildman–Crippen MR) is 81.8 cm³/mol. The molecule has 2 rings (SSSR count). The first-order valence-corrected chi connectivity index (χ1v) is 8.34. The van der Waals surface area contributed by atoms with Gasteiger partial charge in [-0.05, 0) is 31.2 Å². The molecule has 0 amide bonds. The molecule has 0 unspecified atom stereocenters. The van der Waals surface area contributed by atoms with Crippen LogP contribution in [-0.2, 0) is 10.5 Å². The molecule has 0 aliphatic rings. The molecule has 0 aliphatic carbocycles. The second kappa shape index (κ2) is 7.07. The van der Waals surface area contributed by atoms with Gasteiger partial charge in [0.2, 0.25) is 0 Å². The van der Waals surface area contributed by atoms with E-state index in [9.17, 15) is 4.79 Å². The molecule has 2 aromatic rings. The summed E-state index contributed by atoms with van der Waals surface area (Å²) in [5.74, 6) is 0.407. The monoisotopic (exact) mass is 357 g/mol. The zero-order valence-corrected chi connectivity index (χ0v) is 13.5. The van der Waals surface area contributed by atoms with Crippen molar-refractivity contribution in [2.24, 2.45) is 0 Å². The van der Waals surface area contributed by atoms with Crippen molar-refractivity contribution in [2.45, 2.75) is 17.6 Å². The fraction of sp³-hybridized carbons (Fsp3) is 0.231. The first kappa shape index (κ1) is 14.6. The van der Waals surface area contributed by atoms with Crippen molar-refractivity contribution in [1.82, 2.24) is 4.98 Å². The van der Waals surface area contributed by atoms with E-state index in [2.05, 4.69) is 33.0 Å². The molecule has 0 radical (unpaired) electrons. The lowest BCUT2D eigenvalue weighted by atomic mass is 10.4. The van der Waals surface area contributed by atoms with E-state index in [0.717, 1.165) is 15.2 Å². The Morgan fingerprint density at radius 1 is 1.42 bits per heavy atom. The Labute approximate surface area is 128 Å². The van der Waals surface area contributed by atoms with Crippen molar-refractivity contribution in [3.8, 4) is 0 Å². The number of rotatable bonds is 5. The van der Waals surface area contributed by atoms with Crippen LogP contribution >= 0.6 is 39.0 Å². The Kier molecular flexibility index (Phi) is 5.42. The molecule has 3 nitrogen and oxygen atoms in total.